The predicted molar refractivity (Wildman–Crippen MR) is 77.5 cm³/mol. The Labute approximate surface area is 110 Å². The molecule has 1 aliphatic heterocycles. The Morgan fingerprint density at radius 1 is 1.22 bits per heavy atom. The lowest BCUT2D eigenvalue weighted by Gasteiger charge is -2.29. The molecule has 2 nitrogen and oxygen atoms in total. The van der Waals surface area contributed by atoms with Crippen LogP contribution < -0.4 is 5.73 Å². The summed E-state index contributed by atoms with van der Waals surface area (Å²) in [4.78, 5) is 2.34. The minimum Gasteiger partial charge on any atom is -0.374 e. The van der Waals surface area contributed by atoms with Gasteiger partial charge < -0.3 is 10.6 Å². The van der Waals surface area contributed by atoms with Gasteiger partial charge >= 0.3 is 0 Å². The maximum Gasteiger partial charge on any atom is 0.0507 e. The van der Waals surface area contributed by atoms with Crippen molar-refractivity contribution in [2.75, 3.05) is 13.1 Å². The molecule has 0 aromatic heterocycles. The predicted octanol–water partition coefficient (Wildman–Crippen LogP) is 3.04. The van der Waals surface area contributed by atoms with Gasteiger partial charge in [0.05, 0.1) is 6.04 Å². The molecule has 1 aromatic rings. The van der Waals surface area contributed by atoms with Crippen molar-refractivity contribution in [3.63, 3.8) is 0 Å². The Morgan fingerprint density at radius 2 is 1.78 bits per heavy atom. The lowest BCUT2D eigenvalue weighted by atomic mass is 9.91. The first-order valence-corrected chi connectivity index (χ1v) is 6.85. The second kappa shape index (κ2) is 5.57. The molecule has 0 amide bonds. The third-order valence-electron chi connectivity index (χ3n) is 4.04. The largest absolute Gasteiger partial charge is 0.374 e. The molecule has 2 unspecified atom stereocenters. The molecule has 2 N–H and O–H groups in total. The van der Waals surface area contributed by atoms with Gasteiger partial charge in [0.2, 0.25) is 0 Å². The number of nitrogens with two attached hydrogens (primary N) is 1. The number of likely N-dealkylation sites (tertiary alicyclic amines) is 1. The van der Waals surface area contributed by atoms with E-state index in [9.17, 15) is 0 Å². The zero-order chi connectivity index (χ0) is 13.1. The first-order valence-electron chi connectivity index (χ1n) is 6.85. The lowest BCUT2D eigenvalue weighted by Crippen LogP contribution is -2.36. The minimum atomic E-state index is 0.0193. The van der Waals surface area contributed by atoms with E-state index in [1.165, 1.54) is 24.0 Å². The quantitative estimate of drug-likeness (QED) is 0.882. The van der Waals surface area contributed by atoms with Gasteiger partial charge in [-0.15, -0.1) is 0 Å². The average molecular weight is 244 g/mol. The van der Waals surface area contributed by atoms with Crippen LogP contribution in [0.15, 0.2) is 36.5 Å². The Kier molecular flexibility index (Phi) is 4.07. The molecule has 1 aliphatic rings. The molecule has 0 radical (unpaired) electrons. The van der Waals surface area contributed by atoms with Crippen molar-refractivity contribution in [1.82, 2.24) is 4.90 Å². The van der Waals surface area contributed by atoms with Crippen molar-refractivity contribution in [1.29, 1.82) is 0 Å². The van der Waals surface area contributed by atoms with Gasteiger partial charge in [0.25, 0.3) is 0 Å². The fourth-order valence-corrected chi connectivity index (χ4v) is 2.58. The Morgan fingerprint density at radius 3 is 2.33 bits per heavy atom. The molecule has 98 valence electrons. The van der Waals surface area contributed by atoms with Crippen molar-refractivity contribution < 1.29 is 0 Å². The van der Waals surface area contributed by atoms with Crippen LogP contribution in [0.5, 0.6) is 0 Å². The van der Waals surface area contributed by atoms with E-state index in [2.05, 4.69) is 49.6 Å². The van der Waals surface area contributed by atoms with Gasteiger partial charge in [0, 0.05) is 24.7 Å². The topological polar surface area (TPSA) is 29.3 Å². The van der Waals surface area contributed by atoms with Crippen LogP contribution in [0.3, 0.4) is 0 Å². The summed E-state index contributed by atoms with van der Waals surface area (Å²) in [5.74, 6) is 0.318. The summed E-state index contributed by atoms with van der Waals surface area (Å²) in [6.07, 6.45) is 2.54. The van der Waals surface area contributed by atoms with Crippen molar-refractivity contribution in [3.05, 3.63) is 47.7 Å². The van der Waals surface area contributed by atoms with Crippen LogP contribution in [0.4, 0.5) is 0 Å². The van der Waals surface area contributed by atoms with E-state index in [0.29, 0.717) is 5.92 Å². The maximum absolute atomic E-state index is 6.37. The Hall–Kier alpha value is -1.28. The van der Waals surface area contributed by atoms with Crippen LogP contribution in [0, 0.1) is 6.92 Å². The first-order chi connectivity index (χ1) is 8.59. The zero-order valence-corrected chi connectivity index (χ0v) is 11.5. The van der Waals surface area contributed by atoms with Crippen LogP contribution >= 0.6 is 0 Å². The van der Waals surface area contributed by atoms with E-state index >= 15 is 0 Å². The fourth-order valence-electron chi connectivity index (χ4n) is 2.58. The van der Waals surface area contributed by atoms with E-state index in [0.717, 1.165) is 18.8 Å². The molecule has 0 bridgehead atoms. The van der Waals surface area contributed by atoms with Crippen LogP contribution in [0.1, 0.15) is 36.8 Å². The summed E-state index contributed by atoms with van der Waals surface area (Å²) in [6.45, 7) is 10.7. The van der Waals surface area contributed by atoms with Gasteiger partial charge in [-0.3, -0.25) is 0 Å². The molecule has 1 aromatic carbocycles. The summed E-state index contributed by atoms with van der Waals surface area (Å²) < 4.78 is 0. The number of aryl methyl sites for hydroxylation is 1. The molecule has 0 aliphatic carbocycles. The molecular weight excluding hydrogens is 220 g/mol. The van der Waals surface area contributed by atoms with Gasteiger partial charge in [0.1, 0.15) is 0 Å². The van der Waals surface area contributed by atoms with E-state index in [1.54, 1.807) is 0 Å². The van der Waals surface area contributed by atoms with Gasteiger partial charge in [-0.1, -0.05) is 43.3 Å². The summed E-state index contributed by atoms with van der Waals surface area (Å²) in [5, 5.41) is 0. The van der Waals surface area contributed by atoms with Crippen molar-refractivity contribution in [3.8, 4) is 0 Å². The Bertz CT molecular complexity index is 402. The van der Waals surface area contributed by atoms with Gasteiger partial charge in [0.15, 0.2) is 0 Å². The molecule has 18 heavy (non-hydrogen) atoms. The number of nitrogens with zero attached hydrogens (tertiary/aromatic N) is 1. The average Bonchev–Trinajstić information content (AvgIpc) is 2.91. The van der Waals surface area contributed by atoms with E-state index in [4.69, 9.17) is 5.73 Å². The van der Waals surface area contributed by atoms with E-state index in [-0.39, 0.29) is 6.04 Å². The highest BCUT2D eigenvalue weighted by molar-refractivity contribution is 5.27. The third kappa shape index (κ3) is 2.75. The highest BCUT2D eigenvalue weighted by Crippen LogP contribution is 2.25. The summed E-state index contributed by atoms with van der Waals surface area (Å²) in [6, 6.07) is 8.67. The molecule has 1 heterocycles. The first kappa shape index (κ1) is 13.2. The normalized spacial score (nSPS) is 18.7. The monoisotopic (exact) mass is 244 g/mol. The molecule has 2 heteroatoms. The van der Waals surface area contributed by atoms with E-state index in [1.807, 2.05) is 0 Å². The van der Waals surface area contributed by atoms with Crippen LogP contribution in [-0.2, 0) is 0 Å². The van der Waals surface area contributed by atoms with Crippen LogP contribution in [0.2, 0.25) is 0 Å². The number of rotatable bonds is 4. The maximum atomic E-state index is 6.37. The molecule has 1 saturated heterocycles. The van der Waals surface area contributed by atoms with Crippen molar-refractivity contribution >= 4 is 0 Å². The zero-order valence-electron chi connectivity index (χ0n) is 11.5. The molecule has 0 saturated carbocycles. The van der Waals surface area contributed by atoms with Crippen LogP contribution in [-0.4, -0.2) is 24.0 Å². The molecular formula is C16H24N2. The van der Waals surface area contributed by atoms with E-state index < -0.39 is 0 Å². The number of benzene rings is 1. The molecule has 2 atom stereocenters. The standard InChI is InChI=1S/C16H24N2/c1-12-6-8-15(9-7-12)13(2)16(17)14(3)18-10-4-5-11-18/h6-9,13,16H,3-5,10-11,17H2,1-2H3. The molecule has 2 rings (SSSR count). The highest BCUT2D eigenvalue weighted by atomic mass is 15.2. The van der Waals surface area contributed by atoms with Crippen molar-refractivity contribution in [2.45, 2.75) is 38.6 Å². The van der Waals surface area contributed by atoms with Crippen molar-refractivity contribution in [2.24, 2.45) is 5.73 Å². The second-order valence-corrected chi connectivity index (χ2v) is 5.41. The smallest absolute Gasteiger partial charge is 0.0507 e. The highest BCUT2D eigenvalue weighted by Gasteiger charge is 2.23. The van der Waals surface area contributed by atoms with Gasteiger partial charge in [-0.2, -0.15) is 0 Å². The van der Waals surface area contributed by atoms with Crippen LogP contribution in [0.25, 0.3) is 0 Å². The second-order valence-electron chi connectivity index (χ2n) is 5.41. The number of hydrogen-bond acceptors (Lipinski definition) is 2. The number of hydrogen-bond donors (Lipinski definition) is 1. The summed E-state index contributed by atoms with van der Waals surface area (Å²) in [5.41, 5.74) is 10.1. The summed E-state index contributed by atoms with van der Waals surface area (Å²) in [7, 11) is 0. The van der Waals surface area contributed by atoms with Gasteiger partial charge in [-0.05, 0) is 25.3 Å². The Balaban J connectivity index is 2.05. The summed E-state index contributed by atoms with van der Waals surface area (Å²) >= 11 is 0. The molecule has 1 fully saturated rings. The fraction of sp³-hybridized carbons (Fsp3) is 0.500. The molecule has 0 spiro atoms. The van der Waals surface area contributed by atoms with Gasteiger partial charge in [-0.25, -0.2) is 0 Å². The SMILES string of the molecule is C=C(C(N)C(C)c1ccc(C)cc1)N1CCCC1. The lowest BCUT2D eigenvalue weighted by molar-refractivity contribution is 0.379. The third-order valence-corrected chi connectivity index (χ3v) is 4.04. The minimum absolute atomic E-state index is 0.0193.